The second kappa shape index (κ2) is 9.29. The van der Waals surface area contributed by atoms with Crippen molar-refractivity contribution < 1.29 is 22.3 Å². The summed E-state index contributed by atoms with van der Waals surface area (Å²) in [5, 5.41) is 5.91. The van der Waals surface area contributed by atoms with E-state index in [0.29, 0.717) is 22.8 Å². The molecule has 0 fully saturated rings. The van der Waals surface area contributed by atoms with E-state index >= 15 is 0 Å². The van der Waals surface area contributed by atoms with Gasteiger partial charge in [0.1, 0.15) is 11.6 Å². The largest absolute Gasteiger partial charge is 0.573 e. The Balaban J connectivity index is 1.59. The minimum Gasteiger partial charge on any atom is -0.405 e. The molecule has 0 saturated heterocycles. The molecule has 2 N–H and O–H groups in total. The average molecular weight is 421 g/mol. The number of aliphatic imine (C=N–C) groups is 1. The van der Waals surface area contributed by atoms with Crippen LogP contribution in [0.15, 0.2) is 66.2 Å². The second-order valence-corrected chi connectivity index (χ2v) is 6.19. The lowest BCUT2D eigenvalue weighted by atomic mass is 10.2. The molecular weight excluding hydrogens is 402 g/mol. The molecule has 0 saturated carbocycles. The van der Waals surface area contributed by atoms with Gasteiger partial charge in [0.05, 0.1) is 12.0 Å². The number of para-hydroxylation sites is 1. The van der Waals surface area contributed by atoms with E-state index in [0.717, 1.165) is 0 Å². The molecule has 0 aliphatic heterocycles. The van der Waals surface area contributed by atoms with Crippen molar-refractivity contribution in [2.45, 2.75) is 19.5 Å². The summed E-state index contributed by atoms with van der Waals surface area (Å²) in [6, 6.07) is 10.6. The van der Waals surface area contributed by atoms with Crippen molar-refractivity contribution in [3.63, 3.8) is 0 Å². The summed E-state index contributed by atoms with van der Waals surface area (Å²) < 4.78 is 57.5. The van der Waals surface area contributed by atoms with Gasteiger partial charge in [0, 0.05) is 38.1 Å². The Labute approximate surface area is 170 Å². The Hall–Kier alpha value is -3.56. The summed E-state index contributed by atoms with van der Waals surface area (Å²) in [5.74, 6) is -0.352. The van der Waals surface area contributed by atoms with Gasteiger partial charge >= 0.3 is 6.36 Å². The highest BCUT2D eigenvalue weighted by Gasteiger charge is 2.31. The van der Waals surface area contributed by atoms with Crippen LogP contribution in [0.5, 0.6) is 5.75 Å². The van der Waals surface area contributed by atoms with Crippen molar-refractivity contribution in [2.75, 3.05) is 7.05 Å². The number of rotatable bonds is 6. The smallest absolute Gasteiger partial charge is 0.405 e. The molecule has 0 atom stereocenters. The first-order valence-electron chi connectivity index (χ1n) is 8.90. The molecule has 0 amide bonds. The van der Waals surface area contributed by atoms with E-state index in [1.54, 1.807) is 35.2 Å². The number of hydrogen-bond donors (Lipinski definition) is 2. The molecule has 3 rings (SSSR count). The summed E-state index contributed by atoms with van der Waals surface area (Å²) in [4.78, 5) is 7.92. The van der Waals surface area contributed by atoms with Crippen LogP contribution in [-0.4, -0.2) is 28.9 Å². The van der Waals surface area contributed by atoms with Gasteiger partial charge in [0.2, 0.25) is 0 Å². The van der Waals surface area contributed by atoms with Crippen LogP contribution in [0.3, 0.4) is 0 Å². The second-order valence-electron chi connectivity index (χ2n) is 6.19. The molecule has 0 radical (unpaired) electrons. The fourth-order valence-electron chi connectivity index (χ4n) is 2.73. The molecule has 0 aliphatic carbocycles. The number of alkyl halides is 3. The Kier molecular flexibility index (Phi) is 6.55. The number of ether oxygens (including phenoxy) is 1. The third kappa shape index (κ3) is 5.72. The van der Waals surface area contributed by atoms with E-state index in [-0.39, 0.29) is 18.8 Å². The number of hydrogen-bond acceptors (Lipinski definition) is 3. The van der Waals surface area contributed by atoms with Crippen LogP contribution in [0.25, 0.3) is 5.69 Å². The van der Waals surface area contributed by atoms with Gasteiger partial charge in [-0.1, -0.05) is 24.3 Å². The first kappa shape index (κ1) is 21.2. The van der Waals surface area contributed by atoms with Gasteiger partial charge in [0.25, 0.3) is 0 Å². The Morgan fingerprint density at radius 1 is 1.13 bits per heavy atom. The van der Waals surface area contributed by atoms with E-state index in [1.807, 2.05) is 0 Å². The van der Waals surface area contributed by atoms with E-state index in [4.69, 9.17) is 0 Å². The molecular formula is C20H19F4N5O. The molecule has 158 valence electrons. The first-order valence-corrected chi connectivity index (χ1v) is 8.90. The fraction of sp³-hybridized carbons (Fsp3) is 0.200. The lowest BCUT2D eigenvalue weighted by Crippen LogP contribution is -2.36. The van der Waals surface area contributed by atoms with Crippen LogP contribution in [0.2, 0.25) is 0 Å². The predicted octanol–water partition coefficient (Wildman–Crippen LogP) is 3.78. The zero-order valence-corrected chi connectivity index (χ0v) is 15.9. The monoisotopic (exact) mass is 421 g/mol. The number of nitrogens with one attached hydrogen (secondary N) is 2. The maximum absolute atomic E-state index is 14.3. The molecule has 0 spiro atoms. The van der Waals surface area contributed by atoms with Gasteiger partial charge in [-0.15, -0.1) is 13.2 Å². The van der Waals surface area contributed by atoms with Crippen molar-refractivity contribution in [3.8, 4) is 11.4 Å². The van der Waals surface area contributed by atoms with Gasteiger partial charge < -0.3 is 19.9 Å². The fourth-order valence-corrected chi connectivity index (χ4v) is 2.73. The SMILES string of the molecule is CN=C(NCc1ccc(-n2ccnc2)c(F)c1)NCc1ccccc1OC(F)(F)F. The third-order valence-electron chi connectivity index (χ3n) is 4.12. The lowest BCUT2D eigenvalue weighted by Gasteiger charge is -2.16. The van der Waals surface area contributed by atoms with Crippen LogP contribution in [0.4, 0.5) is 17.6 Å². The van der Waals surface area contributed by atoms with Crippen molar-refractivity contribution in [3.05, 3.63) is 78.1 Å². The Morgan fingerprint density at radius 3 is 2.57 bits per heavy atom. The van der Waals surface area contributed by atoms with Crippen LogP contribution in [0, 0.1) is 5.82 Å². The maximum Gasteiger partial charge on any atom is 0.573 e. The van der Waals surface area contributed by atoms with Crippen molar-refractivity contribution in [1.82, 2.24) is 20.2 Å². The minimum atomic E-state index is -4.77. The van der Waals surface area contributed by atoms with Crippen molar-refractivity contribution in [1.29, 1.82) is 0 Å². The highest BCUT2D eigenvalue weighted by atomic mass is 19.4. The van der Waals surface area contributed by atoms with Crippen LogP contribution >= 0.6 is 0 Å². The number of benzene rings is 2. The molecule has 1 aromatic heterocycles. The topological polar surface area (TPSA) is 63.5 Å². The summed E-state index contributed by atoms with van der Waals surface area (Å²) in [5.41, 5.74) is 1.36. The quantitative estimate of drug-likeness (QED) is 0.361. The van der Waals surface area contributed by atoms with Gasteiger partial charge in [-0.05, 0) is 23.8 Å². The number of halogens is 4. The van der Waals surface area contributed by atoms with Crippen molar-refractivity contribution >= 4 is 5.96 Å². The highest BCUT2D eigenvalue weighted by molar-refractivity contribution is 5.79. The summed E-state index contributed by atoms with van der Waals surface area (Å²) in [7, 11) is 1.52. The summed E-state index contributed by atoms with van der Waals surface area (Å²) in [6.45, 7) is 0.321. The van der Waals surface area contributed by atoms with Crippen LogP contribution < -0.4 is 15.4 Å². The third-order valence-corrected chi connectivity index (χ3v) is 4.12. The minimum absolute atomic E-state index is 0.0554. The standard InChI is InChI=1S/C20H19F4N5O/c1-25-19(28-12-15-4-2-3-5-18(15)30-20(22,23)24)27-11-14-6-7-17(16(21)10-14)29-9-8-26-13-29/h2-10,13H,11-12H2,1H3,(H2,25,27,28). The highest BCUT2D eigenvalue weighted by Crippen LogP contribution is 2.26. The van der Waals surface area contributed by atoms with Gasteiger partial charge in [-0.25, -0.2) is 9.37 Å². The molecule has 30 heavy (non-hydrogen) atoms. The molecule has 0 unspecified atom stereocenters. The van der Waals surface area contributed by atoms with E-state index in [9.17, 15) is 17.6 Å². The van der Waals surface area contributed by atoms with Gasteiger partial charge in [-0.3, -0.25) is 4.99 Å². The maximum atomic E-state index is 14.3. The molecule has 2 aromatic carbocycles. The molecule has 0 bridgehead atoms. The van der Waals surface area contributed by atoms with E-state index < -0.39 is 12.2 Å². The van der Waals surface area contributed by atoms with Crippen LogP contribution in [0.1, 0.15) is 11.1 Å². The number of imidazole rings is 1. The Bertz CT molecular complexity index is 1000. The number of nitrogens with zero attached hydrogens (tertiary/aromatic N) is 3. The average Bonchev–Trinajstić information content (AvgIpc) is 3.22. The number of guanidine groups is 1. The molecule has 0 aliphatic rings. The molecule has 6 nitrogen and oxygen atoms in total. The van der Waals surface area contributed by atoms with Gasteiger partial charge in [-0.2, -0.15) is 0 Å². The molecule has 10 heteroatoms. The number of aromatic nitrogens is 2. The Morgan fingerprint density at radius 2 is 1.90 bits per heavy atom. The van der Waals surface area contributed by atoms with Gasteiger partial charge in [0.15, 0.2) is 5.96 Å². The zero-order chi connectivity index (χ0) is 21.6. The molecule has 3 aromatic rings. The summed E-state index contributed by atoms with van der Waals surface area (Å²) in [6.07, 6.45) is -0.0731. The summed E-state index contributed by atoms with van der Waals surface area (Å²) >= 11 is 0. The predicted molar refractivity (Wildman–Crippen MR) is 104 cm³/mol. The zero-order valence-electron chi connectivity index (χ0n) is 15.9. The van der Waals surface area contributed by atoms with E-state index in [1.165, 1.54) is 37.6 Å². The lowest BCUT2D eigenvalue weighted by molar-refractivity contribution is -0.274. The van der Waals surface area contributed by atoms with Crippen molar-refractivity contribution in [2.24, 2.45) is 4.99 Å². The van der Waals surface area contributed by atoms with E-state index in [2.05, 4.69) is 25.3 Å². The van der Waals surface area contributed by atoms with Crippen LogP contribution in [-0.2, 0) is 13.1 Å². The normalized spacial score (nSPS) is 12.0. The first-order chi connectivity index (χ1) is 14.4. The molecule has 1 heterocycles.